The van der Waals surface area contributed by atoms with Crippen molar-refractivity contribution in [3.8, 4) is 21.6 Å². The molecule has 1 amide bonds. The molecule has 0 aliphatic carbocycles. The van der Waals surface area contributed by atoms with Crippen LogP contribution in [0.25, 0.3) is 37.3 Å². The van der Waals surface area contributed by atoms with Gasteiger partial charge in [0.15, 0.2) is 0 Å². The van der Waals surface area contributed by atoms with Crippen LogP contribution in [0, 0.1) is 12.4 Å². The van der Waals surface area contributed by atoms with Crippen molar-refractivity contribution >= 4 is 33.8 Å². The molecule has 3 heterocycles. The number of amides is 1. The van der Waals surface area contributed by atoms with E-state index >= 15 is 0 Å². The molecule has 1 atom stereocenters. The van der Waals surface area contributed by atoms with Gasteiger partial charge >= 0.3 is 0 Å². The van der Waals surface area contributed by atoms with Crippen molar-refractivity contribution in [1.82, 2.24) is 20.0 Å². The Morgan fingerprint density at radius 1 is 1.26 bits per heavy atom. The lowest BCUT2D eigenvalue weighted by Crippen LogP contribution is -2.46. The van der Waals surface area contributed by atoms with E-state index in [0.29, 0.717) is 23.5 Å². The second-order valence-electron chi connectivity index (χ2n) is 10.3. The van der Waals surface area contributed by atoms with E-state index in [1.807, 2.05) is 56.3 Å². The molecule has 4 aromatic rings. The van der Waals surface area contributed by atoms with Gasteiger partial charge in [-0.1, -0.05) is 18.2 Å². The summed E-state index contributed by atoms with van der Waals surface area (Å²) in [5.74, 6) is -0.613. The first-order valence-corrected chi connectivity index (χ1v) is 13.4. The lowest BCUT2D eigenvalue weighted by Gasteiger charge is -2.32. The van der Waals surface area contributed by atoms with Crippen LogP contribution in [0.3, 0.4) is 0 Å². The van der Waals surface area contributed by atoms with Gasteiger partial charge in [-0.15, -0.1) is 11.3 Å². The third-order valence-electron chi connectivity index (χ3n) is 7.21. The van der Waals surface area contributed by atoms with Gasteiger partial charge < -0.3 is 15.3 Å². The summed E-state index contributed by atoms with van der Waals surface area (Å²) in [4.78, 5) is 20.1. The zero-order chi connectivity index (χ0) is 27.0. The average Bonchev–Trinajstić information content (AvgIpc) is 3.57. The molecular formula is C29H30FN5O2S. The SMILES string of the molecule is [C-]#[N+]c1ccc(-c2cc(C(=O)N3CCC[C@@H](NC)C3)sc2-c2ccc3nn(C(C)(C)CO)cc3c2)cc1F. The number of benzene rings is 2. The number of thiophene rings is 1. The van der Waals surface area contributed by atoms with Crippen LogP contribution >= 0.6 is 11.3 Å². The van der Waals surface area contributed by atoms with Gasteiger partial charge in [0, 0.05) is 41.2 Å². The Bertz CT molecular complexity index is 1550. The Hall–Kier alpha value is -3.58. The van der Waals surface area contributed by atoms with E-state index in [1.54, 1.807) is 10.7 Å². The number of nitrogens with one attached hydrogen (secondary N) is 1. The molecule has 0 spiro atoms. The number of carbonyl (C=O) groups is 1. The number of likely N-dealkylation sites (tertiary alicyclic amines) is 1. The summed E-state index contributed by atoms with van der Waals surface area (Å²) < 4.78 is 16.4. The average molecular weight is 532 g/mol. The highest BCUT2D eigenvalue weighted by molar-refractivity contribution is 7.18. The van der Waals surface area contributed by atoms with Crippen LogP contribution in [0.4, 0.5) is 10.1 Å². The summed E-state index contributed by atoms with van der Waals surface area (Å²) in [5, 5.41) is 18.6. The van der Waals surface area contributed by atoms with E-state index in [2.05, 4.69) is 15.3 Å². The molecule has 2 aromatic carbocycles. The third-order valence-corrected chi connectivity index (χ3v) is 8.38. The smallest absolute Gasteiger partial charge is 0.264 e. The number of hydrogen-bond acceptors (Lipinski definition) is 5. The van der Waals surface area contributed by atoms with Crippen molar-refractivity contribution in [3.63, 3.8) is 0 Å². The maximum Gasteiger partial charge on any atom is 0.264 e. The van der Waals surface area contributed by atoms with Crippen LogP contribution in [0.2, 0.25) is 0 Å². The number of hydrogen-bond donors (Lipinski definition) is 2. The summed E-state index contributed by atoms with van der Waals surface area (Å²) in [6.07, 6.45) is 3.88. The number of likely N-dealkylation sites (N-methyl/N-ethyl adjacent to an activating group) is 1. The molecule has 7 nitrogen and oxygen atoms in total. The predicted octanol–water partition coefficient (Wildman–Crippen LogP) is 5.67. The first-order valence-electron chi connectivity index (χ1n) is 12.6. The van der Waals surface area contributed by atoms with E-state index in [0.717, 1.165) is 39.7 Å². The van der Waals surface area contributed by atoms with Crippen LogP contribution in [-0.4, -0.2) is 58.5 Å². The fraction of sp³-hybridized carbons (Fsp3) is 0.345. The number of fused-ring (bicyclic) bond motifs is 1. The maximum atomic E-state index is 14.6. The summed E-state index contributed by atoms with van der Waals surface area (Å²) >= 11 is 1.40. The van der Waals surface area contributed by atoms with Crippen LogP contribution in [0.1, 0.15) is 36.4 Å². The molecule has 0 unspecified atom stereocenters. The molecule has 196 valence electrons. The number of piperidine rings is 1. The second-order valence-corrected chi connectivity index (χ2v) is 11.4. The number of rotatable bonds is 6. The Kier molecular flexibility index (Phi) is 7.05. The van der Waals surface area contributed by atoms with E-state index in [9.17, 15) is 14.3 Å². The van der Waals surface area contributed by atoms with Crippen molar-refractivity contribution in [1.29, 1.82) is 0 Å². The first kappa shape index (κ1) is 26.0. The summed E-state index contributed by atoms with van der Waals surface area (Å²) in [5.41, 5.74) is 2.47. The number of aromatic nitrogens is 2. The molecule has 1 aliphatic heterocycles. The fourth-order valence-electron chi connectivity index (χ4n) is 4.79. The molecular weight excluding hydrogens is 501 g/mol. The van der Waals surface area contributed by atoms with Gasteiger partial charge in [-0.25, -0.2) is 9.24 Å². The highest BCUT2D eigenvalue weighted by atomic mass is 32.1. The van der Waals surface area contributed by atoms with Crippen molar-refractivity contribution in [3.05, 3.63) is 70.8 Å². The Balaban J connectivity index is 1.60. The minimum absolute atomic E-state index is 0.0284. The Morgan fingerprint density at radius 2 is 2.05 bits per heavy atom. The van der Waals surface area contributed by atoms with Gasteiger partial charge in [-0.05, 0) is 69.1 Å². The van der Waals surface area contributed by atoms with E-state index in [-0.39, 0.29) is 24.2 Å². The van der Waals surface area contributed by atoms with E-state index in [1.165, 1.54) is 23.5 Å². The quantitative estimate of drug-likeness (QED) is 0.314. The molecule has 0 bridgehead atoms. The minimum atomic E-state index is -0.585. The predicted molar refractivity (Wildman–Crippen MR) is 149 cm³/mol. The Labute approximate surface area is 225 Å². The van der Waals surface area contributed by atoms with Crippen LogP contribution < -0.4 is 5.32 Å². The topological polar surface area (TPSA) is 74.8 Å². The first-order chi connectivity index (χ1) is 18.2. The molecule has 38 heavy (non-hydrogen) atoms. The molecule has 2 N–H and O–H groups in total. The van der Waals surface area contributed by atoms with Crippen LogP contribution in [0.15, 0.2) is 48.7 Å². The fourth-order valence-corrected chi connectivity index (χ4v) is 5.94. The zero-order valence-electron chi connectivity index (χ0n) is 21.7. The number of aliphatic hydroxyl groups excluding tert-OH is 1. The molecule has 1 aliphatic rings. The Morgan fingerprint density at radius 3 is 2.76 bits per heavy atom. The standard InChI is InChI=1S/C29H30FN5O2S/c1-29(2,17-36)35-15-20-12-19(8-9-24(20)33-35)27-22(18-7-10-25(32-4)23(30)13-18)14-26(38-27)28(37)34-11-5-6-21(16-34)31-3/h7-10,12-15,21,31,36H,5-6,11,16-17H2,1-3H3/t21-/m1/s1. The molecule has 0 saturated carbocycles. The highest BCUT2D eigenvalue weighted by Crippen LogP contribution is 2.42. The normalized spacial score (nSPS) is 16.1. The zero-order valence-corrected chi connectivity index (χ0v) is 22.5. The van der Waals surface area contributed by atoms with Crippen LogP contribution in [-0.2, 0) is 5.54 Å². The van der Waals surface area contributed by atoms with Crippen molar-refractivity contribution in [2.75, 3.05) is 26.7 Å². The number of carbonyl (C=O) groups excluding carboxylic acids is 1. The van der Waals surface area contributed by atoms with E-state index < -0.39 is 11.4 Å². The van der Waals surface area contributed by atoms with Crippen LogP contribution in [0.5, 0.6) is 0 Å². The molecule has 1 saturated heterocycles. The van der Waals surface area contributed by atoms with Gasteiger partial charge in [0.25, 0.3) is 5.91 Å². The summed E-state index contributed by atoms with van der Waals surface area (Å²) in [6.45, 7) is 12.3. The largest absolute Gasteiger partial charge is 0.394 e. The van der Waals surface area contributed by atoms with Gasteiger partial charge in [0.1, 0.15) is 5.82 Å². The molecule has 0 radical (unpaired) electrons. The summed E-state index contributed by atoms with van der Waals surface area (Å²) in [7, 11) is 1.92. The van der Waals surface area contributed by atoms with Crippen molar-refractivity contribution in [2.45, 2.75) is 38.3 Å². The lowest BCUT2D eigenvalue weighted by atomic mass is 10.0. The molecule has 9 heteroatoms. The molecule has 5 rings (SSSR count). The minimum Gasteiger partial charge on any atom is -0.394 e. The summed E-state index contributed by atoms with van der Waals surface area (Å²) in [6, 6.07) is 12.6. The maximum absolute atomic E-state index is 14.6. The van der Waals surface area contributed by atoms with Gasteiger partial charge in [0.2, 0.25) is 5.69 Å². The van der Waals surface area contributed by atoms with Gasteiger partial charge in [-0.3, -0.25) is 9.48 Å². The molecule has 1 fully saturated rings. The van der Waals surface area contributed by atoms with Crippen molar-refractivity contribution in [2.24, 2.45) is 0 Å². The second kappa shape index (κ2) is 10.3. The van der Waals surface area contributed by atoms with E-state index in [4.69, 9.17) is 6.57 Å². The monoisotopic (exact) mass is 531 g/mol. The lowest BCUT2D eigenvalue weighted by molar-refractivity contribution is 0.0703. The third kappa shape index (κ3) is 4.83. The van der Waals surface area contributed by atoms with Gasteiger partial charge in [-0.2, -0.15) is 5.10 Å². The molecule has 2 aromatic heterocycles. The highest BCUT2D eigenvalue weighted by Gasteiger charge is 2.27. The number of aliphatic hydroxyl groups is 1. The van der Waals surface area contributed by atoms with Crippen molar-refractivity contribution < 1.29 is 14.3 Å². The number of halogens is 1. The number of nitrogens with zero attached hydrogens (tertiary/aromatic N) is 4. The van der Waals surface area contributed by atoms with Gasteiger partial charge in [0.05, 0.1) is 29.1 Å².